The van der Waals surface area contributed by atoms with E-state index in [2.05, 4.69) is 0 Å². The molecular weight excluding hydrogens is 136 g/mol. The van der Waals surface area contributed by atoms with Crippen molar-refractivity contribution in [1.29, 1.82) is 0 Å². The fourth-order valence-electron chi connectivity index (χ4n) is 0.214. The largest absolute Gasteiger partial charge is 0.250 e. The summed E-state index contributed by atoms with van der Waals surface area (Å²) in [6.45, 7) is -5.12. The Morgan fingerprint density at radius 2 is 0.889 bits per heavy atom. The Morgan fingerprint density at radius 3 is 0.889 bits per heavy atom. The van der Waals surface area contributed by atoms with Crippen molar-refractivity contribution >= 4 is 0 Å². The van der Waals surface area contributed by atoms with Crippen molar-refractivity contribution in [3.05, 3.63) is 0 Å². The molecule has 56 valence electrons. The monoisotopic (exact) mass is 144 g/mol. The third kappa shape index (κ3) is 1.84. The first-order valence-electron chi connectivity index (χ1n) is 2.48. The van der Waals surface area contributed by atoms with Crippen LogP contribution in [0.3, 0.4) is 0 Å². The molecule has 0 aliphatic rings. The highest BCUT2D eigenvalue weighted by atomic mass is 19.2. The summed E-state index contributed by atoms with van der Waals surface area (Å²) in [5, 5.41) is 0. The molecule has 0 bridgehead atoms. The van der Waals surface area contributed by atoms with Crippen LogP contribution in [-0.2, 0) is 0 Å². The maximum Gasteiger partial charge on any atom is 0.103 e. The highest BCUT2D eigenvalue weighted by Crippen LogP contribution is 2.19. The molecular formula is C5H8F4. The second kappa shape index (κ2) is 3.69. The van der Waals surface area contributed by atoms with Crippen LogP contribution in [0.4, 0.5) is 17.6 Å². The zero-order chi connectivity index (χ0) is 7.33. The number of hydrogen-bond donors (Lipinski definition) is 0. The van der Waals surface area contributed by atoms with E-state index in [9.17, 15) is 17.6 Å². The smallest absolute Gasteiger partial charge is 0.103 e. The summed E-state index contributed by atoms with van der Waals surface area (Å²) >= 11 is 0. The van der Waals surface area contributed by atoms with Crippen LogP contribution in [0.15, 0.2) is 0 Å². The van der Waals surface area contributed by atoms with Crippen molar-refractivity contribution in [2.24, 2.45) is 5.41 Å². The highest BCUT2D eigenvalue weighted by Gasteiger charge is 2.30. The minimum absolute atomic E-state index is 1.28. The topological polar surface area (TPSA) is 0 Å². The molecule has 0 fully saturated rings. The lowest BCUT2D eigenvalue weighted by Crippen LogP contribution is -2.30. The molecule has 4 heteroatoms. The molecule has 0 atom stereocenters. The number of rotatable bonds is 4. The van der Waals surface area contributed by atoms with Gasteiger partial charge in [0.2, 0.25) is 0 Å². The van der Waals surface area contributed by atoms with E-state index in [-0.39, 0.29) is 0 Å². The first-order valence-corrected chi connectivity index (χ1v) is 2.48. The van der Waals surface area contributed by atoms with Crippen molar-refractivity contribution in [1.82, 2.24) is 0 Å². The van der Waals surface area contributed by atoms with E-state index in [0.717, 1.165) is 0 Å². The second-order valence-corrected chi connectivity index (χ2v) is 2.03. The van der Waals surface area contributed by atoms with Crippen molar-refractivity contribution < 1.29 is 17.6 Å². The molecule has 0 aromatic heterocycles. The quantitative estimate of drug-likeness (QED) is 0.528. The van der Waals surface area contributed by atoms with Crippen LogP contribution in [-0.4, -0.2) is 26.7 Å². The van der Waals surface area contributed by atoms with Crippen LogP contribution in [0.25, 0.3) is 0 Å². The molecule has 9 heavy (non-hydrogen) atoms. The molecule has 0 rings (SSSR count). The van der Waals surface area contributed by atoms with Gasteiger partial charge in [-0.25, -0.2) is 0 Å². The van der Waals surface area contributed by atoms with Gasteiger partial charge in [0, 0.05) is 0 Å². The van der Waals surface area contributed by atoms with Crippen molar-refractivity contribution in [2.75, 3.05) is 26.7 Å². The predicted octanol–water partition coefficient (Wildman–Crippen LogP) is 1.85. The highest BCUT2D eigenvalue weighted by molar-refractivity contribution is 4.76. The summed E-state index contributed by atoms with van der Waals surface area (Å²) in [5.74, 6) is 0. The lowest BCUT2D eigenvalue weighted by molar-refractivity contribution is 0.0813. The second-order valence-electron chi connectivity index (χ2n) is 2.03. The Balaban J connectivity index is 3.82. The molecule has 0 unspecified atom stereocenters. The normalized spacial score (nSPS) is 12.0. The molecule has 0 nitrogen and oxygen atoms in total. The average molecular weight is 144 g/mol. The maximum absolute atomic E-state index is 11.6. The lowest BCUT2D eigenvalue weighted by Gasteiger charge is -2.18. The number of hydrogen-bond acceptors (Lipinski definition) is 0. The molecule has 0 saturated carbocycles. The third-order valence-corrected chi connectivity index (χ3v) is 1.13. The van der Waals surface area contributed by atoms with Gasteiger partial charge in [0.15, 0.2) is 0 Å². The summed E-state index contributed by atoms with van der Waals surface area (Å²) in [4.78, 5) is 0. The molecule has 0 amide bonds. The minimum Gasteiger partial charge on any atom is -0.250 e. The van der Waals surface area contributed by atoms with E-state index in [1.54, 1.807) is 0 Å². The Kier molecular flexibility index (Phi) is 3.58. The van der Waals surface area contributed by atoms with Gasteiger partial charge in [-0.2, -0.15) is 0 Å². The summed E-state index contributed by atoms with van der Waals surface area (Å²) in [5.41, 5.74) is -2.00. The summed E-state index contributed by atoms with van der Waals surface area (Å²) in [6, 6.07) is 0. The van der Waals surface area contributed by atoms with Gasteiger partial charge < -0.3 is 0 Å². The summed E-state index contributed by atoms with van der Waals surface area (Å²) < 4.78 is 46.4. The molecule has 0 spiro atoms. The lowest BCUT2D eigenvalue weighted by atomic mass is 9.96. The van der Waals surface area contributed by atoms with Crippen molar-refractivity contribution in [3.63, 3.8) is 0 Å². The standard InChI is InChI=1S/C5H8F4/c6-1-5(2-7,3-8)4-9/h1-4H2. The molecule has 0 N–H and O–H groups in total. The Hall–Kier alpha value is -0.280. The molecule has 0 heterocycles. The van der Waals surface area contributed by atoms with Gasteiger partial charge in [-0.1, -0.05) is 0 Å². The Morgan fingerprint density at radius 1 is 0.667 bits per heavy atom. The van der Waals surface area contributed by atoms with Crippen LogP contribution in [0.1, 0.15) is 0 Å². The van der Waals surface area contributed by atoms with Crippen LogP contribution in [0, 0.1) is 5.41 Å². The summed E-state index contributed by atoms with van der Waals surface area (Å²) in [7, 11) is 0. The van der Waals surface area contributed by atoms with Crippen LogP contribution in [0.5, 0.6) is 0 Å². The van der Waals surface area contributed by atoms with Gasteiger partial charge in [0.1, 0.15) is 26.7 Å². The molecule has 0 aromatic carbocycles. The van der Waals surface area contributed by atoms with E-state index < -0.39 is 32.1 Å². The third-order valence-electron chi connectivity index (χ3n) is 1.13. The molecule has 0 aliphatic heterocycles. The van der Waals surface area contributed by atoms with Gasteiger partial charge in [-0.05, 0) is 0 Å². The fraction of sp³-hybridized carbons (Fsp3) is 1.00. The van der Waals surface area contributed by atoms with Gasteiger partial charge in [0.05, 0.1) is 5.41 Å². The van der Waals surface area contributed by atoms with Gasteiger partial charge >= 0.3 is 0 Å². The molecule has 0 aliphatic carbocycles. The van der Waals surface area contributed by atoms with Crippen LogP contribution >= 0.6 is 0 Å². The van der Waals surface area contributed by atoms with Crippen LogP contribution in [0.2, 0.25) is 0 Å². The van der Waals surface area contributed by atoms with E-state index in [1.165, 1.54) is 0 Å². The first-order chi connectivity index (χ1) is 4.24. The predicted molar refractivity (Wildman–Crippen MR) is 26.3 cm³/mol. The van der Waals surface area contributed by atoms with Crippen LogP contribution < -0.4 is 0 Å². The fourth-order valence-corrected chi connectivity index (χ4v) is 0.214. The zero-order valence-corrected chi connectivity index (χ0v) is 4.84. The molecule has 0 aromatic rings. The first kappa shape index (κ1) is 8.72. The minimum atomic E-state index is -2.00. The zero-order valence-electron chi connectivity index (χ0n) is 4.84. The molecule has 0 saturated heterocycles. The molecule has 0 radical (unpaired) electrons. The van der Waals surface area contributed by atoms with E-state index in [4.69, 9.17) is 0 Å². The van der Waals surface area contributed by atoms with Crippen molar-refractivity contribution in [3.8, 4) is 0 Å². The van der Waals surface area contributed by atoms with Gasteiger partial charge in [0.25, 0.3) is 0 Å². The number of alkyl halides is 4. The van der Waals surface area contributed by atoms with E-state index in [0.29, 0.717) is 0 Å². The number of halogens is 4. The Labute approximate surface area is 50.9 Å². The average Bonchev–Trinajstić information content (AvgIpc) is 1.95. The van der Waals surface area contributed by atoms with Crippen molar-refractivity contribution in [2.45, 2.75) is 0 Å². The van der Waals surface area contributed by atoms with E-state index in [1.807, 2.05) is 0 Å². The van der Waals surface area contributed by atoms with Gasteiger partial charge in [-0.15, -0.1) is 0 Å². The SMILES string of the molecule is FCC(CF)(CF)CF. The van der Waals surface area contributed by atoms with Gasteiger partial charge in [-0.3, -0.25) is 17.6 Å². The van der Waals surface area contributed by atoms with E-state index >= 15 is 0 Å². The maximum atomic E-state index is 11.6. The summed E-state index contributed by atoms with van der Waals surface area (Å²) in [6.07, 6.45) is 0. The Bertz CT molecular complexity index is 51.8.